The Labute approximate surface area is 166 Å². The number of rotatable bonds is 6. The van der Waals surface area contributed by atoms with Gasteiger partial charge in [-0.15, -0.1) is 11.3 Å². The monoisotopic (exact) mass is 412 g/mol. The van der Waals surface area contributed by atoms with Crippen molar-refractivity contribution in [3.8, 4) is 0 Å². The van der Waals surface area contributed by atoms with E-state index >= 15 is 0 Å². The van der Waals surface area contributed by atoms with Gasteiger partial charge in [-0.1, -0.05) is 18.0 Å². The van der Waals surface area contributed by atoms with Gasteiger partial charge in [-0.2, -0.15) is 0 Å². The van der Waals surface area contributed by atoms with Crippen LogP contribution < -0.4 is 10.0 Å². The van der Waals surface area contributed by atoms with E-state index < -0.39 is 0 Å². The molecule has 1 aromatic carbocycles. The van der Waals surface area contributed by atoms with Crippen LogP contribution in [0.3, 0.4) is 0 Å². The number of nitrogens with zero attached hydrogens (tertiary/aromatic N) is 2. The van der Waals surface area contributed by atoms with Crippen LogP contribution in [0.15, 0.2) is 28.6 Å². The third-order valence-corrected chi connectivity index (χ3v) is 7.33. The summed E-state index contributed by atoms with van der Waals surface area (Å²) in [5.74, 6) is -0.282. The molecule has 2 N–H and O–H groups in total. The molecule has 1 aromatic heterocycles. The molecule has 4 rings (SSSR count). The van der Waals surface area contributed by atoms with Gasteiger partial charge in [-0.3, -0.25) is 4.90 Å². The summed E-state index contributed by atoms with van der Waals surface area (Å²) < 4.78 is 17.5. The smallest absolute Gasteiger partial charge is 0.192 e. The molecule has 0 radical (unpaired) electrons. The molecule has 2 aliphatic rings. The van der Waals surface area contributed by atoms with Gasteiger partial charge in [0, 0.05) is 23.7 Å². The Kier molecular flexibility index (Phi) is 5.59. The van der Waals surface area contributed by atoms with E-state index in [1.165, 1.54) is 74.5 Å². The zero-order valence-electron chi connectivity index (χ0n) is 14.4. The Balaban J connectivity index is 1.43. The first-order valence-electron chi connectivity index (χ1n) is 8.97. The fourth-order valence-corrected chi connectivity index (χ4v) is 5.61. The summed E-state index contributed by atoms with van der Waals surface area (Å²) in [7, 11) is 0. The molecule has 4 nitrogen and oxygen atoms in total. The standard InChI is InChI=1S/C18H22ClFN4S2/c19-13-10-16(26-23-17-21-6-9-25-17)14(20)11-15(13)22-12-18-4-1-2-7-24(18)8-3-5-18/h6,9-11,22H,1-5,7-8,12H2,(H,21,23). The Morgan fingerprint density at radius 2 is 2.12 bits per heavy atom. The molecule has 0 aliphatic carbocycles. The van der Waals surface area contributed by atoms with Crippen LogP contribution in [0.4, 0.5) is 15.2 Å². The largest absolute Gasteiger partial charge is 0.382 e. The lowest BCUT2D eigenvalue weighted by molar-refractivity contribution is 0.102. The van der Waals surface area contributed by atoms with Crippen LogP contribution in [-0.4, -0.2) is 35.1 Å². The van der Waals surface area contributed by atoms with Gasteiger partial charge in [0.25, 0.3) is 0 Å². The molecular formula is C18H22ClFN4S2. The summed E-state index contributed by atoms with van der Waals surface area (Å²) in [6, 6.07) is 3.18. The Bertz CT molecular complexity index is 758. The number of hydrogen-bond donors (Lipinski definition) is 2. The van der Waals surface area contributed by atoms with Crippen molar-refractivity contribution in [1.82, 2.24) is 9.88 Å². The van der Waals surface area contributed by atoms with Crippen molar-refractivity contribution in [2.24, 2.45) is 0 Å². The molecule has 26 heavy (non-hydrogen) atoms. The van der Waals surface area contributed by atoms with Crippen LogP contribution in [-0.2, 0) is 0 Å². The third-order valence-electron chi connectivity index (χ3n) is 5.37. The van der Waals surface area contributed by atoms with Gasteiger partial charge in [0.05, 0.1) is 15.6 Å². The lowest BCUT2D eigenvalue weighted by Gasteiger charge is -2.42. The van der Waals surface area contributed by atoms with E-state index in [1.54, 1.807) is 12.3 Å². The quantitative estimate of drug-likeness (QED) is 0.614. The molecule has 0 bridgehead atoms. The average Bonchev–Trinajstić information content (AvgIpc) is 3.30. The van der Waals surface area contributed by atoms with Gasteiger partial charge in [0.15, 0.2) is 5.13 Å². The zero-order chi connectivity index (χ0) is 18.0. The van der Waals surface area contributed by atoms with Gasteiger partial charge in [0.1, 0.15) is 5.82 Å². The Hall–Kier alpha value is -1.02. The van der Waals surface area contributed by atoms with Gasteiger partial charge in [0.2, 0.25) is 0 Å². The van der Waals surface area contributed by atoms with Crippen molar-refractivity contribution in [2.45, 2.75) is 42.5 Å². The van der Waals surface area contributed by atoms with E-state index in [0.717, 1.165) is 11.7 Å². The SMILES string of the molecule is Fc1cc(NCC23CCCCN2CCC3)c(Cl)cc1SNc1nccs1. The normalized spacial score (nSPS) is 23.0. The number of anilines is 2. The number of piperidine rings is 1. The van der Waals surface area contributed by atoms with Crippen molar-refractivity contribution >= 4 is 45.7 Å². The van der Waals surface area contributed by atoms with E-state index in [2.05, 4.69) is 19.9 Å². The molecule has 0 saturated carbocycles. The molecule has 2 aromatic rings. The van der Waals surface area contributed by atoms with Crippen LogP contribution in [0.2, 0.25) is 5.02 Å². The Morgan fingerprint density at radius 3 is 2.96 bits per heavy atom. The van der Waals surface area contributed by atoms with E-state index in [-0.39, 0.29) is 11.4 Å². The topological polar surface area (TPSA) is 40.2 Å². The maximum Gasteiger partial charge on any atom is 0.192 e. The number of aromatic nitrogens is 1. The molecule has 0 amide bonds. The highest BCUT2D eigenvalue weighted by atomic mass is 35.5. The fourth-order valence-electron chi connectivity index (χ4n) is 4.05. The lowest BCUT2D eigenvalue weighted by atomic mass is 9.86. The molecule has 2 aliphatic heterocycles. The minimum Gasteiger partial charge on any atom is -0.382 e. The van der Waals surface area contributed by atoms with Crippen LogP contribution in [0.1, 0.15) is 32.1 Å². The summed E-state index contributed by atoms with van der Waals surface area (Å²) >= 11 is 9.09. The van der Waals surface area contributed by atoms with Crippen molar-refractivity contribution < 1.29 is 4.39 Å². The van der Waals surface area contributed by atoms with Crippen molar-refractivity contribution in [3.63, 3.8) is 0 Å². The van der Waals surface area contributed by atoms with E-state index in [0.29, 0.717) is 15.6 Å². The van der Waals surface area contributed by atoms with Crippen molar-refractivity contribution in [2.75, 3.05) is 29.7 Å². The highest BCUT2D eigenvalue weighted by Crippen LogP contribution is 2.39. The minimum absolute atomic E-state index is 0.220. The summed E-state index contributed by atoms with van der Waals surface area (Å²) in [5.41, 5.74) is 0.896. The molecule has 140 valence electrons. The molecular weight excluding hydrogens is 391 g/mol. The number of thiazole rings is 1. The van der Waals surface area contributed by atoms with Crippen LogP contribution in [0, 0.1) is 5.82 Å². The fraction of sp³-hybridized carbons (Fsp3) is 0.500. The second-order valence-electron chi connectivity index (χ2n) is 6.93. The number of hydrogen-bond acceptors (Lipinski definition) is 6. The molecule has 0 spiro atoms. The maximum absolute atomic E-state index is 14.5. The second-order valence-corrected chi connectivity index (χ2v) is 9.08. The molecule has 1 atom stereocenters. The highest BCUT2D eigenvalue weighted by Gasteiger charge is 2.41. The molecule has 1 unspecified atom stereocenters. The van der Waals surface area contributed by atoms with Crippen molar-refractivity contribution in [3.05, 3.63) is 34.5 Å². The molecule has 2 saturated heterocycles. The van der Waals surface area contributed by atoms with E-state index in [1.807, 2.05) is 5.38 Å². The number of fused-ring (bicyclic) bond motifs is 1. The average molecular weight is 413 g/mol. The zero-order valence-corrected chi connectivity index (χ0v) is 16.8. The Morgan fingerprint density at radius 1 is 1.27 bits per heavy atom. The summed E-state index contributed by atoms with van der Waals surface area (Å²) in [6.07, 6.45) is 7.95. The van der Waals surface area contributed by atoms with E-state index in [4.69, 9.17) is 11.6 Å². The third kappa shape index (κ3) is 3.81. The van der Waals surface area contributed by atoms with Crippen LogP contribution in [0.5, 0.6) is 0 Å². The number of halogens is 2. The summed E-state index contributed by atoms with van der Waals surface area (Å²) in [5, 5.41) is 6.59. The minimum atomic E-state index is -0.282. The second kappa shape index (κ2) is 7.92. The molecule has 8 heteroatoms. The van der Waals surface area contributed by atoms with Crippen LogP contribution >= 0.6 is 34.9 Å². The molecule has 2 fully saturated rings. The van der Waals surface area contributed by atoms with E-state index in [9.17, 15) is 4.39 Å². The van der Waals surface area contributed by atoms with Gasteiger partial charge in [-0.05, 0) is 62.9 Å². The predicted molar refractivity (Wildman–Crippen MR) is 109 cm³/mol. The first-order valence-corrected chi connectivity index (χ1v) is 11.0. The van der Waals surface area contributed by atoms with Gasteiger partial charge in [-0.25, -0.2) is 9.37 Å². The number of nitrogens with one attached hydrogen (secondary N) is 2. The summed E-state index contributed by atoms with van der Waals surface area (Å²) in [4.78, 5) is 7.20. The summed E-state index contributed by atoms with van der Waals surface area (Å²) in [6.45, 7) is 3.19. The van der Waals surface area contributed by atoms with Gasteiger partial charge < -0.3 is 10.0 Å². The lowest BCUT2D eigenvalue weighted by Crippen LogP contribution is -2.51. The predicted octanol–water partition coefficient (Wildman–Crippen LogP) is 5.49. The number of benzene rings is 1. The molecule has 3 heterocycles. The maximum atomic E-state index is 14.5. The van der Waals surface area contributed by atoms with Gasteiger partial charge >= 0.3 is 0 Å². The van der Waals surface area contributed by atoms with Crippen molar-refractivity contribution in [1.29, 1.82) is 0 Å². The highest BCUT2D eigenvalue weighted by molar-refractivity contribution is 8.00. The first-order chi connectivity index (χ1) is 12.7. The van der Waals surface area contributed by atoms with Crippen LogP contribution in [0.25, 0.3) is 0 Å². The first kappa shape index (κ1) is 18.3.